The molecule has 112 valence electrons. The Morgan fingerprint density at radius 3 is 2.50 bits per heavy atom. The molecule has 0 saturated carbocycles. The molecule has 1 atom stereocenters. The Kier molecular flexibility index (Phi) is 7.78. The van der Waals surface area contributed by atoms with Gasteiger partial charge in [0.15, 0.2) is 0 Å². The van der Waals surface area contributed by atoms with Crippen LogP contribution in [0.4, 0.5) is 0 Å². The molecule has 1 rings (SSSR count). The SMILES string of the molecule is CCCCCCCC(CC)OC(=O)c1ccccc1O. The summed E-state index contributed by atoms with van der Waals surface area (Å²) in [7, 11) is 0. The maximum Gasteiger partial charge on any atom is 0.342 e. The zero-order valence-corrected chi connectivity index (χ0v) is 12.6. The molecule has 0 heterocycles. The molecule has 0 bridgehead atoms. The first-order valence-corrected chi connectivity index (χ1v) is 7.68. The second-order valence-corrected chi connectivity index (χ2v) is 5.16. The number of unbranched alkanes of at least 4 members (excludes halogenated alkanes) is 4. The fourth-order valence-electron chi connectivity index (χ4n) is 2.18. The minimum absolute atomic E-state index is 0.0182. The molecular weight excluding hydrogens is 252 g/mol. The van der Waals surface area contributed by atoms with Crippen molar-refractivity contribution in [3.05, 3.63) is 29.8 Å². The summed E-state index contributed by atoms with van der Waals surface area (Å²) in [6.07, 6.45) is 7.70. The lowest BCUT2D eigenvalue weighted by Crippen LogP contribution is -2.17. The first-order valence-electron chi connectivity index (χ1n) is 7.68. The second kappa shape index (κ2) is 9.40. The van der Waals surface area contributed by atoms with Crippen LogP contribution in [0.15, 0.2) is 24.3 Å². The fourth-order valence-corrected chi connectivity index (χ4v) is 2.18. The van der Waals surface area contributed by atoms with E-state index in [9.17, 15) is 9.90 Å². The van der Waals surface area contributed by atoms with E-state index in [2.05, 4.69) is 6.92 Å². The third-order valence-electron chi connectivity index (χ3n) is 3.48. The molecule has 1 aromatic rings. The van der Waals surface area contributed by atoms with E-state index in [1.165, 1.54) is 31.7 Å². The quantitative estimate of drug-likeness (QED) is 0.526. The van der Waals surface area contributed by atoms with Gasteiger partial charge in [0.2, 0.25) is 0 Å². The lowest BCUT2D eigenvalue weighted by Gasteiger charge is -2.16. The number of para-hydroxylation sites is 1. The molecule has 0 aliphatic heterocycles. The maximum absolute atomic E-state index is 12.0. The molecule has 0 aromatic heterocycles. The molecule has 0 radical (unpaired) electrons. The van der Waals surface area contributed by atoms with Crippen molar-refractivity contribution >= 4 is 5.97 Å². The van der Waals surface area contributed by atoms with E-state index in [0.717, 1.165) is 19.3 Å². The summed E-state index contributed by atoms with van der Waals surface area (Å²) in [4.78, 5) is 12.0. The smallest absolute Gasteiger partial charge is 0.342 e. The van der Waals surface area contributed by atoms with Crippen LogP contribution in [0.25, 0.3) is 0 Å². The molecule has 0 fully saturated rings. The van der Waals surface area contributed by atoms with Gasteiger partial charge in [0, 0.05) is 0 Å². The van der Waals surface area contributed by atoms with Gasteiger partial charge in [0.25, 0.3) is 0 Å². The van der Waals surface area contributed by atoms with Crippen LogP contribution in [0.1, 0.15) is 69.2 Å². The maximum atomic E-state index is 12.0. The first-order chi connectivity index (χ1) is 9.69. The fraction of sp³-hybridized carbons (Fsp3) is 0.588. The lowest BCUT2D eigenvalue weighted by atomic mass is 10.1. The molecule has 0 saturated heterocycles. The van der Waals surface area contributed by atoms with Crippen molar-refractivity contribution < 1.29 is 14.6 Å². The van der Waals surface area contributed by atoms with E-state index in [4.69, 9.17) is 4.74 Å². The van der Waals surface area contributed by atoms with Gasteiger partial charge in [0.05, 0.1) is 0 Å². The van der Waals surface area contributed by atoms with Crippen molar-refractivity contribution in [3.63, 3.8) is 0 Å². The average Bonchev–Trinajstić information content (AvgIpc) is 2.46. The average molecular weight is 278 g/mol. The lowest BCUT2D eigenvalue weighted by molar-refractivity contribution is 0.0264. The molecule has 0 amide bonds. The van der Waals surface area contributed by atoms with Crippen molar-refractivity contribution in [2.75, 3.05) is 0 Å². The Hall–Kier alpha value is -1.51. The summed E-state index contributed by atoms with van der Waals surface area (Å²) in [5.74, 6) is -0.446. The highest BCUT2D eigenvalue weighted by Gasteiger charge is 2.16. The molecule has 3 nitrogen and oxygen atoms in total. The zero-order valence-electron chi connectivity index (χ0n) is 12.6. The van der Waals surface area contributed by atoms with Crippen LogP contribution in [0.3, 0.4) is 0 Å². The molecule has 20 heavy (non-hydrogen) atoms. The van der Waals surface area contributed by atoms with Gasteiger partial charge in [-0.1, -0.05) is 51.7 Å². The highest BCUT2D eigenvalue weighted by molar-refractivity contribution is 5.92. The number of ether oxygens (including phenoxy) is 1. The van der Waals surface area contributed by atoms with E-state index >= 15 is 0 Å². The number of carbonyl (C=O) groups is 1. The molecule has 1 aromatic carbocycles. The van der Waals surface area contributed by atoms with Gasteiger partial charge < -0.3 is 9.84 Å². The molecule has 0 spiro atoms. The Labute approximate surface area is 122 Å². The third kappa shape index (κ3) is 5.64. The number of rotatable bonds is 9. The molecule has 0 aliphatic carbocycles. The van der Waals surface area contributed by atoms with E-state index in [1.54, 1.807) is 18.2 Å². The predicted molar refractivity (Wildman–Crippen MR) is 81.0 cm³/mol. The van der Waals surface area contributed by atoms with Crippen LogP contribution >= 0.6 is 0 Å². The molecule has 1 unspecified atom stereocenters. The Morgan fingerprint density at radius 1 is 1.15 bits per heavy atom. The van der Waals surface area contributed by atoms with Gasteiger partial charge in [0.1, 0.15) is 17.4 Å². The molecule has 3 heteroatoms. The van der Waals surface area contributed by atoms with Crippen molar-refractivity contribution in [3.8, 4) is 5.75 Å². The standard InChI is InChI=1S/C17H26O3/c1-3-5-6-7-8-11-14(4-2)20-17(19)15-12-9-10-13-16(15)18/h9-10,12-14,18H,3-8,11H2,1-2H3. The van der Waals surface area contributed by atoms with Gasteiger partial charge in [-0.05, 0) is 31.4 Å². The topological polar surface area (TPSA) is 46.5 Å². The number of phenolic OH excluding ortho intramolecular Hbond substituents is 1. The molecule has 0 aliphatic rings. The number of aromatic hydroxyl groups is 1. The highest BCUT2D eigenvalue weighted by Crippen LogP contribution is 2.19. The van der Waals surface area contributed by atoms with Gasteiger partial charge in [-0.25, -0.2) is 4.79 Å². The van der Waals surface area contributed by atoms with Gasteiger partial charge >= 0.3 is 5.97 Å². The van der Waals surface area contributed by atoms with Crippen LogP contribution in [0.2, 0.25) is 0 Å². The predicted octanol–water partition coefficient (Wildman–Crippen LogP) is 4.69. The highest BCUT2D eigenvalue weighted by atomic mass is 16.5. The van der Waals surface area contributed by atoms with Gasteiger partial charge in [-0.3, -0.25) is 0 Å². The zero-order chi connectivity index (χ0) is 14.8. The summed E-state index contributed by atoms with van der Waals surface area (Å²) in [6, 6.07) is 6.51. The number of esters is 1. The van der Waals surface area contributed by atoms with Crippen LogP contribution < -0.4 is 0 Å². The summed E-state index contributed by atoms with van der Waals surface area (Å²) in [5, 5.41) is 9.64. The van der Waals surface area contributed by atoms with Crippen LogP contribution in [-0.4, -0.2) is 17.2 Å². The summed E-state index contributed by atoms with van der Waals surface area (Å²) >= 11 is 0. The Balaban J connectivity index is 2.40. The van der Waals surface area contributed by atoms with Crippen LogP contribution in [-0.2, 0) is 4.74 Å². The van der Waals surface area contributed by atoms with Crippen LogP contribution in [0.5, 0.6) is 5.75 Å². The Morgan fingerprint density at radius 2 is 1.85 bits per heavy atom. The number of carbonyl (C=O) groups excluding carboxylic acids is 1. The number of phenols is 1. The minimum atomic E-state index is -0.427. The summed E-state index contributed by atoms with van der Waals surface area (Å²) in [6.45, 7) is 4.22. The van der Waals surface area contributed by atoms with E-state index in [1.807, 2.05) is 6.92 Å². The normalized spacial score (nSPS) is 12.1. The number of benzene rings is 1. The molecule has 1 N–H and O–H groups in total. The van der Waals surface area contributed by atoms with E-state index in [0.29, 0.717) is 0 Å². The van der Waals surface area contributed by atoms with E-state index < -0.39 is 5.97 Å². The Bertz CT molecular complexity index is 401. The summed E-state index contributed by atoms with van der Waals surface area (Å²) in [5.41, 5.74) is 0.247. The van der Waals surface area contributed by atoms with Gasteiger partial charge in [-0.15, -0.1) is 0 Å². The minimum Gasteiger partial charge on any atom is -0.507 e. The van der Waals surface area contributed by atoms with Gasteiger partial charge in [-0.2, -0.15) is 0 Å². The van der Waals surface area contributed by atoms with Crippen LogP contribution in [0, 0.1) is 0 Å². The van der Waals surface area contributed by atoms with Crippen molar-refractivity contribution in [1.82, 2.24) is 0 Å². The molecular formula is C17H26O3. The third-order valence-corrected chi connectivity index (χ3v) is 3.48. The monoisotopic (exact) mass is 278 g/mol. The van der Waals surface area contributed by atoms with Crippen molar-refractivity contribution in [2.24, 2.45) is 0 Å². The number of hydrogen-bond donors (Lipinski definition) is 1. The largest absolute Gasteiger partial charge is 0.507 e. The number of hydrogen-bond acceptors (Lipinski definition) is 3. The second-order valence-electron chi connectivity index (χ2n) is 5.16. The first kappa shape index (κ1) is 16.5. The van der Waals surface area contributed by atoms with Crippen molar-refractivity contribution in [2.45, 2.75) is 64.9 Å². The van der Waals surface area contributed by atoms with E-state index in [-0.39, 0.29) is 17.4 Å². The summed E-state index contributed by atoms with van der Waals surface area (Å²) < 4.78 is 5.47. The van der Waals surface area contributed by atoms with Crippen molar-refractivity contribution in [1.29, 1.82) is 0 Å².